The summed E-state index contributed by atoms with van der Waals surface area (Å²) in [5.74, 6) is 1.10. The lowest BCUT2D eigenvalue weighted by atomic mass is 10.2. The van der Waals surface area contributed by atoms with Gasteiger partial charge in [-0.2, -0.15) is 5.26 Å². The molecule has 0 N–H and O–H groups in total. The summed E-state index contributed by atoms with van der Waals surface area (Å²) >= 11 is 0. The van der Waals surface area contributed by atoms with E-state index in [0.717, 1.165) is 18.9 Å². The molecular weight excluding hydrogens is 176 g/mol. The number of nitrogens with zero attached hydrogens (tertiary/aromatic N) is 4. The lowest BCUT2D eigenvalue weighted by Crippen LogP contribution is -2.24. The monoisotopic (exact) mass is 192 g/mol. The van der Waals surface area contributed by atoms with Crippen LogP contribution in [-0.2, 0) is 13.6 Å². The van der Waals surface area contributed by atoms with Gasteiger partial charge in [-0.3, -0.25) is 4.90 Å². The highest BCUT2D eigenvalue weighted by molar-refractivity contribution is 4.91. The molecule has 14 heavy (non-hydrogen) atoms. The normalized spacial score (nSPS) is 12.8. The zero-order chi connectivity index (χ0) is 10.6. The number of aryl methyl sites for hydroxylation is 1. The first-order valence-electron chi connectivity index (χ1n) is 4.68. The molecule has 1 atom stereocenters. The van der Waals surface area contributed by atoms with Crippen molar-refractivity contribution >= 4 is 0 Å². The van der Waals surface area contributed by atoms with E-state index >= 15 is 0 Å². The summed E-state index contributed by atoms with van der Waals surface area (Å²) in [6.07, 6.45) is 3.72. The highest BCUT2D eigenvalue weighted by atomic mass is 15.1. The van der Waals surface area contributed by atoms with Crippen molar-refractivity contribution < 1.29 is 0 Å². The molecule has 1 unspecified atom stereocenters. The molecule has 0 aromatic carbocycles. The second kappa shape index (κ2) is 4.77. The van der Waals surface area contributed by atoms with E-state index in [9.17, 15) is 0 Å². The first-order valence-corrected chi connectivity index (χ1v) is 4.68. The summed E-state index contributed by atoms with van der Waals surface area (Å²) in [5, 5.41) is 8.67. The molecule has 1 aromatic heterocycles. The maximum Gasteiger partial charge on any atom is 0.122 e. The molecule has 0 saturated carbocycles. The van der Waals surface area contributed by atoms with Crippen molar-refractivity contribution in [2.45, 2.75) is 13.5 Å². The van der Waals surface area contributed by atoms with Gasteiger partial charge in [-0.15, -0.1) is 0 Å². The Morgan fingerprint density at radius 3 is 2.93 bits per heavy atom. The molecule has 0 aliphatic heterocycles. The van der Waals surface area contributed by atoms with E-state index in [2.05, 4.69) is 16.0 Å². The van der Waals surface area contributed by atoms with Crippen molar-refractivity contribution in [2.75, 3.05) is 13.6 Å². The smallest absolute Gasteiger partial charge is 0.122 e. The van der Waals surface area contributed by atoms with Gasteiger partial charge in [0, 0.05) is 26.0 Å². The minimum Gasteiger partial charge on any atom is -0.337 e. The molecule has 76 valence electrons. The fourth-order valence-electron chi connectivity index (χ4n) is 1.36. The van der Waals surface area contributed by atoms with Crippen molar-refractivity contribution in [1.29, 1.82) is 5.26 Å². The third kappa shape index (κ3) is 2.86. The summed E-state index contributed by atoms with van der Waals surface area (Å²) in [7, 11) is 3.98. The fraction of sp³-hybridized carbons (Fsp3) is 0.600. The molecule has 0 saturated heterocycles. The molecule has 4 nitrogen and oxygen atoms in total. The standard InChI is InChI=1S/C10H16N4/c1-9(6-11)7-13(2)8-10-12-4-5-14(10)3/h4-5,9H,7-8H2,1-3H3. The third-order valence-corrected chi connectivity index (χ3v) is 2.14. The van der Waals surface area contributed by atoms with Crippen molar-refractivity contribution in [2.24, 2.45) is 13.0 Å². The van der Waals surface area contributed by atoms with Crippen LogP contribution in [-0.4, -0.2) is 28.0 Å². The summed E-state index contributed by atoms with van der Waals surface area (Å²) in [6, 6.07) is 2.22. The van der Waals surface area contributed by atoms with Crippen LogP contribution in [0.2, 0.25) is 0 Å². The molecule has 1 rings (SSSR count). The summed E-state index contributed by atoms with van der Waals surface area (Å²) in [6.45, 7) is 3.49. The van der Waals surface area contributed by atoms with Crippen LogP contribution in [0, 0.1) is 17.2 Å². The van der Waals surface area contributed by atoms with Gasteiger partial charge >= 0.3 is 0 Å². The highest BCUT2D eigenvalue weighted by Gasteiger charge is 2.07. The van der Waals surface area contributed by atoms with E-state index < -0.39 is 0 Å². The highest BCUT2D eigenvalue weighted by Crippen LogP contribution is 2.02. The van der Waals surface area contributed by atoms with E-state index in [0.29, 0.717) is 0 Å². The van der Waals surface area contributed by atoms with E-state index in [1.54, 1.807) is 6.20 Å². The first-order chi connectivity index (χ1) is 6.63. The number of hydrogen-bond acceptors (Lipinski definition) is 3. The van der Waals surface area contributed by atoms with Crippen LogP contribution in [0.1, 0.15) is 12.7 Å². The Balaban J connectivity index is 2.46. The Hall–Kier alpha value is -1.34. The van der Waals surface area contributed by atoms with Crippen LogP contribution >= 0.6 is 0 Å². The lowest BCUT2D eigenvalue weighted by Gasteiger charge is -2.17. The largest absolute Gasteiger partial charge is 0.337 e. The van der Waals surface area contributed by atoms with Gasteiger partial charge in [-0.25, -0.2) is 4.98 Å². The topological polar surface area (TPSA) is 44.9 Å². The van der Waals surface area contributed by atoms with E-state index in [1.165, 1.54) is 0 Å². The molecule has 0 bridgehead atoms. The van der Waals surface area contributed by atoms with Gasteiger partial charge in [-0.05, 0) is 14.0 Å². The number of rotatable bonds is 4. The Labute approximate surface area is 84.8 Å². The minimum absolute atomic E-state index is 0.0697. The number of imidazole rings is 1. The minimum atomic E-state index is 0.0697. The second-order valence-electron chi connectivity index (χ2n) is 3.68. The number of nitriles is 1. The second-order valence-corrected chi connectivity index (χ2v) is 3.68. The van der Waals surface area contributed by atoms with Crippen LogP contribution < -0.4 is 0 Å². The van der Waals surface area contributed by atoms with Crippen molar-refractivity contribution in [3.63, 3.8) is 0 Å². The predicted molar refractivity (Wildman–Crippen MR) is 54.3 cm³/mol. The van der Waals surface area contributed by atoms with Gasteiger partial charge in [-0.1, -0.05) is 0 Å². The average molecular weight is 192 g/mol. The summed E-state index contributed by atoms with van der Waals surface area (Å²) in [5.41, 5.74) is 0. The van der Waals surface area contributed by atoms with Crippen LogP contribution in [0.3, 0.4) is 0 Å². The summed E-state index contributed by atoms with van der Waals surface area (Å²) in [4.78, 5) is 6.33. The van der Waals surface area contributed by atoms with Crippen molar-refractivity contribution in [3.05, 3.63) is 18.2 Å². The molecule has 4 heteroatoms. The number of hydrogen-bond donors (Lipinski definition) is 0. The van der Waals surface area contributed by atoms with Gasteiger partial charge in [0.15, 0.2) is 0 Å². The predicted octanol–water partition coefficient (Wildman–Crippen LogP) is 1.01. The maximum absolute atomic E-state index is 8.67. The molecule has 1 aromatic rings. The first kappa shape index (κ1) is 10.7. The summed E-state index contributed by atoms with van der Waals surface area (Å²) < 4.78 is 1.99. The fourth-order valence-corrected chi connectivity index (χ4v) is 1.36. The van der Waals surface area contributed by atoms with Gasteiger partial charge in [0.2, 0.25) is 0 Å². The van der Waals surface area contributed by atoms with Gasteiger partial charge < -0.3 is 4.57 Å². The van der Waals surface area contributed by atoms with Crippen molar-refractivity contribution in [3.8, 4) is 6.07 Å². The van der Waals surface area contributed by atoms with E-state index in [-0.39, 0.29) is 5.92 Å². The Bertz CT molecular complexity index is 323. The molecule has 1 heterocycles. The van der Waals surface area contributed by atoms with Crippen molar-refractivity contribution in [1.82, 2.24) is 14.5 Å². The Kier molecular flexibility index (Phi) is 3.66. The van der Waals surface area contributed by atoms with Gasteiger partial charge in [0.1, 0.15) is 5.82 Å². The zero-order valence-electron chi connectivity index (χ0n) is 8.94. The molecule has 0 spiro atoms. The Morgan fingerprint density at radius 1 is 1.71 bits per heavy atom. The molecule has 0 aliphatic carbocycles. The zero-order valence-corrected chi connectivity index (χ0v) is 8.94. The SMILES string of the molecule is CC(C#N)CN(C)Cc1nccn1C. The van der Waals surface area contributed by atoms with Crippen LogP contribution in [0.25, 0.3) is 0 Å². The molecule has 0 fully saturated rings. The van der Waals surface area contributed by atoms with Gasteiger partial charge in [0.25, 0.3) is 0 Å². The third-order valence-electron chi connectivity index (χ3n) is 2.14. The molecule has 0 amide bonds. The molecular formula is C10H16N4. The average Bonchev–Trinajstić information content (AvgIpc) is 2.51. The molecule has 0 radical (unpaired) electrons. The van der Waals surface area contributed by atoms with Crippen LogP contribution in [0.4, 0.5) is 0 Å². The number of aromatic nitrogens is 2. The lowest BCUT2D eigenvalue weighted by molar-refractivity contribution is 0.293. The van der Waals surface area contributed by atoms with Crippen LogP contribution in [0.5, 0.6) is 0 Å². The van der Waals surface area contributed by atoms with E-state index in [4.69, 9.17) is 5.26 Å². The van der Waals surface area contributed by atoms with Gasteiger partial charge in [0.05, 0.1) is 18.5 Å². The Morgan fingerprint density at radius 2 is 2.43 bits per heavy atom. The van der Waals surface area contributed by atoms with E-state index in [1.807, 2.05) is 31.8 Å². The quantitative estimate of drug-likeness (QED) is 0.715. The molecule has 0 aliphatic rings. The maximum atomic E-state index is 8.67. The van der Waals surface area contributed by atoms with Crippen LogP contribution in [0.15, 0.2) is 12.4 Å².